The smallest absolute Gasteiger partial charge is 0.0593 e. The first-order valence-corrected chi connectivity index (χ1v) is 7.42. The summed E-state index contributed by atoms with van der Waals surface area (Å²) in [5.41, 5.74) is 8.30. The number of rotatable bonds is 4. The normalized spacial score (nSPS) is 12.7. The van der Waals surface area contributed by atoms with E-state index in [1.807, 2.05) is 11.3 Å². The molecule has 0 aliphatic carbocycles. The second-order valence-electron chi connectivity index (χ2n) is 5.23. The fraction of sp³-hybridized carbons (Fsp3) is 0.375. The summed E-state index contributed by atoms with van der Waals surface area (Å²) < 4.78 is 0. The molecule has 0 amide bonds. The Labute approximate surface area is 119 Å². The van der Waals surface area contributed by atoms with Crippen LogP contribution in [0.3, 0.4) is 0 Å². The van der Waals surface area contributed by atoms with Gasteiger partial charge in [-0.1, -0.05) is 18.2 Å². The maximum absolute atomic E-state index is 5.74. The maximum atomic E-state index is 5.74. The average molecular weight is 274 g/mol. The maximum Gasteiger partial charge on any atom is 0.0593 e. The highest BCUT2D eigenvalue weighted by Gasteiger charge is 2.14. The minimum Gasteiger partial charge on any atom is -0.271 e. The van der Waals surface area contributed by atoms with E-state index in [1.165, 1.54) is 32.0 Å². The summed E-state index contributed by atoms with van der Waals surface area (Å²) >= 11 is 1.83. The van der Waals surface area contributed by atoms with Gasteiger partial charge in [0, 0.05) is 9.75 Å². The topological polar surface area (TPSA) is 38.0 Å². The fourth-order valence-corrected chi connectivity index (χ4v) is 3.28. The van der Waals surface area contributed by atoms with Crippen molar-refractivity contribution in [2.45, 2.75) is 40.2 Å². The Morgan fingerprint density at radius 3 is 2.32 bits per heavy atom. The molecule has 3 N–H and O–H groups in total. The van der Waals surface area contributed by atoms with Crippen LogP contribution in [0.5, 0.6) is 0 Å². The summed E-state index contributed by atoms with van der Waals surface area (Å²) in [4.78, 5) is 2.69. The van der Waals surface area contributed by atoms with Gasteiger partial charge in [0.1, 0.15) is 0 Å². The van der Waals surface area contributed by atoms with E-state index in [0.717, 1.165) is 6.42 Å². The number of aryl methyl sites for hydroxylation is 4. The Bertz CT molecular complexity index is 553. The number of nitrogens with one attached hydrogen (secondary N) is 1. The fourth-order valence-electron chi connectivity index (χ4n) is 2.18. The third-order valence-corrected chi connectivity index (χ3v) is 5.01. The van der Waals surface area contributed by atoms with Crippen LogP contribution in [0.1, 0.15) is 38.0 Å². The zero-order valence-corrected chi connectivity index (χ0v) is 12.9. The lowest BCUT2D eigenvalue weighted by atomic mass is 10.0. The molecule has 1 aromatic heterocycles. The Morgan fingerprint density at radius 2 is 1.79 bits per heavy atom. The number of benzene rings is 1. The monoisotopic (exact) mass is 274 g/mol. The van der Waals surface area contributed by atoms with Gasteiger partial charge in [-0.3, -0.25) is 11.3 Å². The van der Waals surface area contributed by atoms with Crippen molar-refractivity contribution in [2.75, 3.05) is 0 Å². The molecule has 1 atom stereocenters. The summed E-state index contributed by atoms with van der Waals surface area (Å²) in [6.45, 7) is 8.61. The predicted molar refractivity (Wildman–Crippen MR) is 83.5 cm³/mol. The minimum atomic E-state index is 0.194. The van der Waals surface area contributed by atoms with Gasteiger partial charge in [-0.15, -0.1) is 11.3 Å². The number of hydrazine groups is 1. The third-order valence-electron chi connectivity index (χ3n) is 3.74. The van der Waals surface area contributed by atoms with Gasteiger partial charge in [-0.25, -0.2) is 0 Å². The van der Waals surface area contributed by atoms with E-state index in [-0.39, 0.29) is 6.04 Å². The minimum absolute atomic E-state index is 0.194. The summed E-state index contributed by atoms with van der Waals surface area (Å²) in [7, 11) is 0. The van der Waals surface area contributed by atoms with Gasteiger partial charge in [0.15, 0.2) is 0 Å². The van der Waals surface area contributed by atoms with Gasteiger partial charge >= 0.3 is 0 Å². The summed E-state index contributed by atoms with van der Waals surface area (Å²) in [6, 6.07) is 9.07. The third kappa shape index (κ3) is 3.24. The molecular formula is C16H22N2S. The first kappa shape index (κ1) is 14.3. The molecule has 2 rings (SSSR count). The Hall–Kier alpha value is -1.16. The molecule has 1 heterocycles. The molecule has 2 aromatic rings. The number of hydrogen-bond acceptors (Lipinski definition) is 3. The van der Waals surface area contributed by atoms with Crippen molar-refractivity contribution in [2.24, 2.45) is 5.84 Å². The van der Waals surface area contributed by atoms with Crippen LogP contribution in [0.4, 0.5) is 0 Å². The summed E-state index contributed by atoms with van der Waals surface area (Å²) in [5.74, 6) is 5.74. The molecule has 0 fully saturated rings. The molecule has 1 aromatic carbocycles. The molecule has 19 heavy (non-hydrogen) atoms. The van der Waals surface area contributed by atoms with Gasteiger partial charge in [0.05, 0.1) is 6.04 Å². The van der Waals surface area contributed by atoms with Crippen LogP contribution in [-0.4, -0.2) is 0 Å². The lowest BCUT2D eigenvalue weighted by molar-refractivity contribution is 0.560. The van der Waals surface area contributed by atoms with Gasteiger partial charge in [0.2, 0.25) is 0 Å². The molecule has 0 bridgehead atoms. The zero-order chi connectivity index (χ0) is 14.0. The Morgan fingerprint density at radius 1 is 1.05 bits per heavy atom. The molecular weight excluding hydrogens is 252 g/mol. The first-order chi connectivity index (χ1) is 9.01. The summed E-state index contributed by atoms with van der Waals surface area (Å²) in [5, 5.41) is 0. The Balaban J connectivity index is 2.21. The highest BCUT2D eigenvalue weighted by molar-refractivity contribution is 7.12. The quantitative estimate of drug-likeness (QED) is 0.658. The van der Waals surface area contributed by atoms with Crippen LogP contribution in [0, 0.1) is 27.7 Å². The van der Waals surface area contributed by atoms with E-state index >= 15 is 0 Å². The molecule has 0 saturated carbocycles. The predicted octanol–water partition coefficient (Wildman–Crippen LogP) is 3.73. The van der Waals surface area contributed by atoms with E-state index < -0.39 is 0 Å². The van der Waals surface area contributed by atoms with Crippen LogP contribution in [0.25, 0.3) is 0 Å². The average Bonchev–Trinajstić information content (AvgIpc) is 2.71. The van der Waals surface area contributed by atoms with Crippen molar-refractivity contribution in [3.63, 3.8) is 0 Å². The van der Waals surface area contributed by atoms with Gasteiger partial charge < -0.3 is 0 Å². The van der Waals surface area contributed by atoms with Crippen molar-refractivity contribution in [3.8, 4) is 0 Å². The second kappa shape index (κ2) is 5.87. The molecule has 0 spiro atoms. The lowest BCUT2D eigenvalue weighted by Gasteiger charge is -2.15. The van der Waals surface area contributed by atoms with E-state index in [1.54, 1.807) is 0 Å². The summed E-state index contributed by atoms with van der Waals surface area (Å²) in [6.07, 6.45) is 0.928. The van der Waals surface area contributed by atoms with Gasteiger partial charge in [-0.2, -0.15) is 0 Å². The largest absolute Gasteiger partial charge is 0.271 e. The zero-order valence-electron chi connectivity index (χ0n) is 12.1. The standard InChI is InChI=1S/C16H22N2S/c1-10-5-6-14(7-11(10)2)9-15(18-17)16-8-12(3)13(4)19-16/h5-8,15,18H,9,17H2,1-4H3. The van der Waals surface area contributed by atoms with Crippen LogP contribution in [-0.2, 0) is 6.42 Å². The van der Waals surface area contributed by atoms with E-state index in [4.69, 9.17) is 5.84 Å². The number of thiophene rings is 1. The molecule has 0 aliphatic rings. The van der Waals surface area contributed by atoms with E-state index in [9.17, 15) is 0 Å². The van der Waals surface area contributed by atoms with E-state index in [2.05, 4.69) is 57.4 Å². The van der Waals surface area contributed by atoms with Crippen molar-refractivity contribution in [1.82, 2.24) is 5.43 Å². The Kier molecular flexibility index (Phi) is 4.40. The first-order valence-electron chi connectivity index (χ1n) is 6.60. The van der Waals surface area contributed by atoms with Gasteiger partial charge in [0.25, 0.3) is 0 Å². The molecule has 0 radical (unpaired) electrons. The van der Waals surface area contributed by atoms with Crippen molar-refractivity contribution in [1.29, 1.82) is 0 Å². The van der Waals surface area contributed by atoms with Crippen LogP contribution >= 0.6 is 11.3 Å². The SMILES string of the molecule is Cc1ccc(CC(NN)c2cc(C)c(C)s2)cc1C. The van der Waals surface area contributed by atoms with Gasteiger partial charge in [-0.05, 0) is 62.4 Å². The lowest BCUT2D eigenvalue weighted by Crippen LogP contribution is -2.29. The van der Waals surface area contributed by atoms with E-state index in [0.29, 0.717) is 0 Å². The molecule has 0 saturated heterocycles. The highest BCUT2D eigenvalue weighted by atomic mass is 32.1. The molecule has 1 unspecified atom stereocenters. The molecule has 0 aliphatic heterocycles. The number of nitrogens with two attached hydrogens (primary N) is 1. The molecule has 2 nitrogen and oxygen atoms in total. The van der Waals surface area contributed by atoms with Crippen molar-refractivity contribution in [3.05, 3.63) is 56.3 Å². The van der Waals surface area contributed by atoms with Crippen LogP contribution in [0.15, 0.2) is 24.3 Å². The molecule has 3 heteroatoms. The van der Waals surface area contributed by atoms with Crippen LogP contribution < -0.4 is 11.3 Å². The van der Waals surface area contributed by atoms with Crippen molar-refractivity contribution >= 4 is 11.3 Å². The second-order valence-corrected chi connectivity index (χ2v) is 6.52. The number of hydrogen-bond donors (Lipinski definition) is 2. The molecule has 102 valence electrons. The highest BCUT2D eigenvalue weighted by Crippen LogP contribution is 2.28. The van der Waals surface area contributed by atoms with Crippen LogP contribution in [0.2, 0.25) is 0 Å². The van der Waals surface area contributed by atoms with Crippen molar-refractivity contribution < 1.29 is 0 Å².